The number of nitrogens with two attached hydrogens (primary N) is 1. The first-order chi connectivity index (χ1) is 8.56. The molecular formula is C13H17N3O2. The highest BCUT2D eigenvalue weighted by atomic mass is 16.2. The van der Waals surface area contributed by atoms with E-state index < -0.39 is 18.0 Å². The maximum absolute atomic E-state index is 11.5. The van der Waals surface area contributed by atoms with Gasteiger partial charge in [-0.15, -0.1) is 0 Å². The van der Waals surface area contributed by atoms with Gasteiger partial charge in [-0.2, -0.15) is 0 Å². The van der Waals surface area contributed by atoms with E-state index in [0.29, 0.717) is 0 Å². The number of nitrogens with one attached hydrogen (secondary N) is 2. The summed E-state index contributed by atoms with van der Waals surface area (Å²) < 4.78 is 0. The maximum Gasteiger partial charge on any atom is 0.318 e. The third-order valence-corrected chi connectivity index (χ3v) is 3.12. The summed E-state index contributed by atoms with van der Waals surface area (Å²) in [5.41, 5.74) is 8.51. The van der Waals surface area contributed by atoms with Gasteiger partial charge >= 0.3 is 6.03 Å². The van der Waals surface area contributed by atoms with E-state index in [4.69, 9.17) is 5.73 Å². The van der Waals surface area contributed by atoms with Gasteiger partial charge in [0, 0.05) is 5.69 Å². The van der Waals surface area contributed by atoms with Gasteiger partial charge in [0.25, 0.3) is 0 Å². The number of rotatable bonds is 3. The van der Waals surface area contributed by atoms with Gasteiger partial charge in [-0.05, 0) is 49.4 Å². The highest BCUT2D eigenvalue weighted by Gasteiger charge is 2.16. The van der Waals surface area contributed by atoms with Crippen molar-refractivity contribution in [3.05, 3.63) is 29.3 Å². The molecule has 0 bridgehead atoms. The minimum Gasteiger partial charge on any atom is -0.374 e. The molecule has 5 heteroatoms. The van der Waals surface area contributed by atoms with Gasteiger partial charge in [-0.3, -0.25) is 10.1 Å². The van der Waals surface area contributed by atoms with E-state index in [0.717, 1.165) is 18.5 Å². The Kier molecular flexibility index (Phi) is 3.50. The number of hydrogen-bond acceptors (Lipinski definition) is 3. The van der Waals surface area contributed by atoms with E-state index in [9.17, 15) is 9.59 Å². The fraction of sp³-hybridized carbons (Fsp3) is 0.385. The summed E-state index contributed by atoms with van der Waals surface area (Å²) in [4.78, 5) is 22.1. The molecule has 1 aromatic rings. The maximum atomic E-state index is 11.5. The van der Waals surface area contributed by atoms with Crippen LogP contribution in [0.1, 0.15) is 24.5 Å². The molecular weight excluding hydrogens is 230 g/mol. The number of carbonyl (C=O) groups is 2. The molecule has 18 heavy (non-hydrogen) atoms. The average molecular weight is 247 g/mol. The smallest absolute Gasteiger partial charge is 0.318 e. The molecule has 0 saturated heterocycles. The van der Waals surface area contributed by atoms with Crippen LogP contribution in [0.2, 0.25) is 0 Å². The largest absolute Gasteiger partial charge is 0.374 e. The average Bonchev–Trinajstić information content (AvgIpc) is 2.75. The number of hydrogen-bond donors (Lipinski definition) is 3. The molecule has 0 aromatic heterocycles. The van der Waals surface area contributed by atoms with Gasteiger partial charge in [0.15, 0.2) is 0 Å². The van der Waals surface area contributed by atoms with E-state index in [2.05, 4.69) is 22.8 Å². The van der Waals surface area contributed by atoms with Gasteiger partial charge in [0.2, 0.25) is 5.91 Å². The predicted octanol–water partition coefficient (Wildman–Crippen LogP) is 1.17. The fourth-order valence-corrected chi connectivity index (χ4v) is 2.21. The van der Waals surface area contributed by atoms with Crippen LogP contribution in [0.4, 0.5) is 10.5 Å². The fourth-order valence-electron chi connectivity index (χ4n) is 2.21. The van der Waals surface area contributed by atoms with Gasteiger partial charge in [0.05, 0.1) is 0 Å². The summed E-state index contributed by atoms with van der Waals surface area (Å²) in [6.07, 6.45) is 3.41. The van der Waals surface area contributed by atoms with Crippen LogP contribution in [0.25, 0.3) is 0 Å². The van der Waals surface area contributed by atoms with Crippen LogP contribution in [0.3, 0.4) is 0 Å². The second-order valence-corrected chi connectivity index (χ2v) is 4.56. The molecule has 96 valence electrons. The van der Waals surface area contributed by atoms with Crippen LogP contribution < -0.4 is 16.4 Å². The number of primary amides is 1. The number of urea groups is 1. The molecule has 0 fully saturated rings. The summed E-state index contributed by atoms with van der Waals surface area (Å²) in [7, 11) is 0. The Morgan fingerprint density at radius 2 is 2.00 bits per heavy atom. The molecule has 2 rings (SSSR count). The summed E-state index contributed by atoms with van der Waals surface area (Å²) in [6.45, 7) is 1.69. The van der Waals surface area contributed by atoms with Gasteiger partial charge in [-0.25, -0.2) is 4.79 Å². The molecule has 0 heterocycles. The summed E-state index contributed by atoms with van der Waals surface area (Å²) >= 11 is 0. The lowest BCUT2D eigenvalue weighted by Gasteiger charge is -2.14. The van der Waals surface area contributed by atoms with Crippen molar-refractivity contribution in [3.63, 3.8) is 0 Å². The minimum absolute atomic E-state index is 0.428. The van der Waals surface area contributed by atoms with Crippen LogP contribution in [0, 0.1) is 0 Å². The van der Waals surface area contributed by atoms with Crippen molar-refractivity contribution in [2.24, 2.45) is 5.73 Å². The van der Waals surface area contributed by atoms with Crippen molar-refractivity contribution in [1.82, 2.24) is 5.32 Å². The van der Waals surface area contributed by atoms with Crippen LogP contribution in [0.15, 0.2) is 18.2 Å². The van der Waals surface area contributed by atoms with E-state index in [1.807, 2.05) is 6.07 Å². The minimum atomic E-state index is -0.831. The number of benzene rings is 1. The monoisotopic (exact) mass is 247 g/mol. The van der Waals surface area contributed by atoms with Crippen LogP contribution >= 0.6 is 0 Å². The van der Waals surface area contributed by atoms with Crippen molar-refractivity contribution in [2.45, 2.75) is 32.2 Å². The van der Waals surface area contributed by atoms with Crippen molar-refractivity contribution >= 4 is 17.6 Å². The Balaban J connectivity index is 2.01. The van der Waals surface area contributed by atoms with E-state index in [1.54, 1.807) is 6.92 Å². The SMILES string of the molecule is C[C@H](Nc1ccc2c(c1)CCC2)C(=O)NC(N)=O. The first kappa shape index (κ1) is 12.4. The number of carbonyl (C=O) groups excluding carboxylic acids is 2. The highest BCUT2D eigenvalue weighted by molar-refractivity contribution is 5.97. The van der Waals surface area contributed by atoms with Crippen molar-refractivity contribution in [1.29, 1.82) is 0 Å². The number of fused-ring (bicyclic) bond motifs is 1. The Morgan fingerprint density at radius 1 is 1.28 bits per heavy atom. The molecule has 4 N–H and O–H groups in total. The second-order valence-electron chi connectivity index (χ2n) is 4.56. The third-order valence-electron chi connectivity index (χ3n) is 3.12. The quantitative estimate of drug-likeness (QED) is 0.749. The number of anilines is 1. The lowest BCUT2D eigenvalue weighted by atomic mass is 10.1. The molecule has 0 aliphatic heterocycles. The zero-order valence-corrected chi connectivity index (χ0v) is 10.3. The molecule has 0 unspecified atom stereocenters. The highest BCUT2D eigenvalue weighted by Crippen LogP contribution is 2.25. The molecule has 0 saturated carbocycles. The van der Waals surface area contributed by atoms with Crippen LogP contribution in [0.5, 0.6) is 0 Å². The zero-order chi connectivity index (χ0) is 13.1. The summed E-state index contributed by atoms with van der Waals surface area (Å²) in [6, 6.07) is 4.78. The Labute approximate surface area is 106 Å². The number of aryl methyl sites for hydroxylation is 2. The first-order valence-corrected chi connectivity index (χ1v) is 6.05. The van der Waals surface area contributed by atoms with Crippen molar-refractivity contribution < 1.29 is 9.59 Å². The lowest BCUT2D eigenvalue weighted by molar-refractivity contribution is -0.120. The Hall–Kier alpha value is -2.04. The van der Waals surface area contributed by atoms with Gasteiger partial charge in [0.1, 0.15) is 6.04 Å². The molecule has 3 amide bonds. The Bertz CT molecular complexity index is 485. The molecule has 5 nitrogen and oxygen atoms in total. The van der Waals surface area contributed by atoms with Gasteiger partial charge in [-0.1, -0.05) is 6.07 Å². The topological polar surface area (TPSA) is 84.2 Å². The molecule has 0 radical (unpaired) electrons. The van der Waals surface area contributed by atoms with Gasteiger partial charge < -0.3 is 11.1 Å². The summed E-state index contributed by atoms with van der Waals surface area (Å²) in [5, 5.41) is 5.11. The second kappa shape index (κ2) is 5.08. The third kappa shape index (κ3) is 2.80. The summed E-state index contributed by atoms with van der Waals surface area (Å²) in [5.74, 6) is -0.428. The van der Waals surface area contributed by atoms with Crippen LogP contribution in [-0.2, 0) is 17.6 Å². The number of imide groups is 1. The molecule has 1 aliphatic carbocycles. The molecule has 1 aliphatic rings. The zero-order valence-electron chi connectivity index (χ0n) is 10.3. The lowest BCUT2D eigenvalue weighted by Crippen LogP contribution is -2.43. The van der Waals surface area contributed by atoms with Crippen molar-refractivity contribution in [2.75, 3.05) is 5.32 Å². The molecule has 1 aromatic carbocycles. The molecule has 0 spiro atoms. The van der Waals surface area contributed by atoms with E-state index in [1.165, 1.54) is 17.5 Å². The van der Waals surface area contributed by atoms with Crippen LogP contribution in [-0.4, -0.2) is 18.0 Å². The van der Waals surface area contributed by atoms with E-state index in [-0.39, 0.29) is 0 Å². The standard InChI is InChI=1S/C13H17N3O2/c1-8(12(17)16-13(14)18)15-11-6-5-9-3-2-4-10(9)7-11/h5-8,15H,2-4H2,1H3,(H3,14,16,17,18)/t8-/m0/s1. The molecule has 1 atom stereocenters. The predicted molar refractivity (Wildman–Crippen MR) is 69.3 cm³/mol. The normalized spacial score (nSPS) is 14.7. The first-order valence-electron chi connectivity index (χ1n) is 6.05. The van der Waals surface area contributed by atoms with Crippen molar-refractivity contribution in [3.8, 4) is 0 Å². The number of amides is 3. The Morgan fingerprint density at radius 3 is 2.72 bits per heavy atom. The van der Waals surface area contributed by atoms with E-state index >= 15 is 0 Å².